The number of amides is 1. The molecule has 3 aliphatic rings. The minimum absolute atomic E-state index is 0.00536. The van der Waals surface area contributed by atoms with E-state index in [2.05, 4.69) is 10.2 Å². The van der Waals surface area contributed by atoms with Gasteiger partial charge in [-0.25, -0.2) is 0 Å². The molecule has 2 aromatic heterocycles. The van der Waals surface area contributed by atoms with Crippen LogP contribution < -0.4 is 10.1 Å². The van der Waals surface area contributed by atoms with E-state index in [-0.39, 0.29) is 11.9 Å². The number of piperidine rings is 3. The quantitative estimate of drug-likeness (QED) is 0.941. The Balaban J connectivity index is 1.39. The molecule has 6 heteroatoms. The zero-order chi connectivity index (χ0) is 14.9. The second-order valence-corrected chi connectivity index (χ2v) is 6.94. The number of ether oxygens (including phenoxy) is 1. The standard InChI is InChI=1S/C16H18N2O3S/c19-16(17-13-9-18-6-3-11(13)4-7-18)14-1-2-15(22-14)21-12-5-8-20-10-12/h1-2,5,8,10-11,13H,3-4,6-7,9H2,(H,17,19). The van der Waals surface area contributed by atoms with E-state index in [4.69, 9.17) is 9.15 Å². The van der Waals surface area contributed by atoms with Gasteiger partial charge in [0.1, 0.15) is 6.26 Å². The van der Waals surface area contributed by atoms with E-state index in [0.29, 0.717) is 21.6 Å². The molecule has 1 N–H and O–H groups in total. The van der Waals surface area contributed by atoms with Crippen LogP contribution in [0.1, 0.15) is 22.5 Å². The Morgan fingerprint density at radius 2 is 2.18 bits per heavy atom. The molecular weight excluding hydrogens is 300 g/mol. The molecule has 1 atom stereocenters. The molecule has 5 nitrogen and oxygen atoms in total. The number of nitrogens with zero attached hydrogens (tertiary/aromatic N) is 1. The van der Waals surface area contributed by atoms with E-state index in [1.54, 1.807) is 12.3 Å². The molecule has 1 unspecified atom stereocenters. The van der Waals surface area contributed by atoms with Gasteiger partial charge in [0.05, 0.1) is 11.1 Å². The van der Waals surface area contributed by atoms with Crippen molar-refractivity contribution in [1.82, 2.24) is 10.2 Å². The lowest BCUT2D eigenvalue weighted by Gasteiger charge is -2.44. The predicted octanol–water partition coefficient (Wildman–Crippen LogP) is 2.96. The summed E-state index contributed by atoms with van der Waals surface area (Å²) in [4.78, 5) is 15.5. The fourth-order valence-corrected chi connectivity index (χ4v) is 4.07. The smallest absolute Gasteiger partial charge is 0.261 e. The van der Waals surface area contributed by atoms with Gasteiger partial charge in [-0.2, -0.15) is 0 Å². The number of carbonyl (C=O) groups excluding carboxylic acids is 1. The van der Waals surface area contributed by atoms with Crippen LogP contribution in [-0.4, -0.2) is 36.5 Å². The predicted molar refractivity (Wildman–Crippen MR) is 83.5 cm³/mol. The summed E-state index contributed by atoms with van der Waals surface area (Å²) in [5.41, 5.74) is 0. The molecule has 0 aliphatic carbocycles. The molecule has 1 amide bonds. The van der Waals surface area contributed by atoms with Crippen LogP contribution in [0, 0.1) is 5.92 Å². The summed E-state index contributed by atoms with van der Waals surface area (Å²) in [6.07, 6.45) is 5.49. The van der Waals surface area contributed by atoms with Gasteiger partial charge in [-0.3, -0.25) is 4.79 Å². The maximum absolute atomic E-state index is 12.4. The van der Waals surface area contributed by atoms with Crippen LogP contribution in [0.5, 0.6) is 10.8 Å². The highest BCUT2D eigenvalue weighted by atomic mass is 32.1. The second-order valence-electron chi connectivity index (χ2n) is 5.90. The van der Waals surface area contributed by atoms with Crippen LogP contribution >= 0.6 is 11.3 Å². The van der Waals surface area contributed by atoms with Crippen molar-refractivity contribution in [3.8, 4) is 10.8 Å². The summed E-state index contributed by atoms with van der Waals surface area (Å²) in [7, 11) is 0. The van der Waals surface area contributed by atoms with Crippen molar-refractivity contribution in [2.75, 3.05) is 19.6 Å². The first-order valence-corrected chi connectivity index (χ1v) is 8.43. The topological polar surface area (TPSA) is 54.7 Å². The molecule has 0 radical (unpaired) electrons. The Hall–Kier alpha value is -1.79. The Bertz CT molecular complexity index is 644. The number of hydrogen-bond acceptors (Lipinski definition) is 5. The second kappa shape index (κ2) is 5.78. The number of carbonyl (C=O) groups is 1. The normalized spacial score (nSPS) is 26.8. The van der Waals surface area contributed by atoms with Crippen LogP contribution in [0.2, 0.25) is 0 Å². The van der Waals surface area contributed by atoms with Gasteiger partial charge < -0.3 is 19.4 Å². The summed E-state index contributed by atoms with van der Waals surface area (Å²) in [5, 5.41) is 3.89. The first kappa shape index (κ1) is 13.8. The Morgan fingerprint density at radius 3 is 2.86 bits per heavy atom. The van der Waals surface area contributed by atoms with Crippen molar-refractivity contribution >= 4 is 17.2 Å². The molecule has 3 saturated heterocycles. The molecule has 0 spiro atoms. The van der Waals surface area contributed by atoms with E-state index in [1.807, 2.05) is 12.1 Å². The van der Waals surface area contributed by atoms with E-state index < -0.39 is 0 Å². The molecule has 3 aliphatic heterocycles. The molecule has 116 valence electrons. The van der Waals surface area contributed by atoms with E-state index in [0.717, 1.165) is 6.54 Å². The number of fused-ring (bicyclic) bond motifs is 3. The van der Waals surface area contributed by atoms with Gasteiger partial charge in [-0.15, -0.1) is 0 Å². The van der Waals surface area contributed by atoms with E-state index in [9.17, 15) is 4.79 Å². The molecule has 5 rings (SSSR count). The van der Waals surface area contributed by atoms with Gasteiger partial charge in [-0.1, -0.05) is 11.3 Å². The third kappa shape index (κ3) is 2.76. The van der Waals surface area contributed by atoms with Crippen molar-refractivity contribution in [1.29, 1.82) is 0 Å². The third-order valence-corrected chi connectivity index (χ3v) is 5.45. The number of furan rings is 1. The molecule has 22 heavy (non-hydrogen) atoms. The SMILES string of the molecule is O=C(NC1CN2CCC1CC2)c1ccc(Oc2ccoc2)s1. The maximum Gasteiger partial charge on any atom is 0.261 e. The highest BCUT2D eigenvalue weighted by molar-refractivity contribution is 7.15. The van der Waals surface area contributed by atoms with Crippen molar-refractivity contribution in [3.63, 3.8) is 0 Å². The maximum atomic E-state index is 12.4. The Labute approximate surface area is 132 Å². The van der Waals surface area contributed by atoms with E-state index in [1.165, 1.54) is 43.5 Å². The first-order chi connectivity index (χ1) is 10.8. The van der Waals surface area contributed by atoms with Crippen LogP contribution in [0.15, 0.2) is 35.1 Å². The third-order valence-electron chi connectivity index (χ3n) is 4.49. The molecular formula is C16H18N2O3S. The molecule has 2 bridgehead atoms. The lowest BCUT2D eigenvalue weighted by Crippen LogP contribution is -2.57. The van der Waals surface area contributed by atoms with Crippen molar-refractivity contribution in [2.24, 2.45) is 5.92 Å². The molecule has 3 fully saturated rings. The Kier molecular flexibility index (Phi) is 3.63. The van der Waals surface area contributed by atoms with Crippen molar-refractivity contribution < 1.29 is 13.9 Å². The van der Waals surface area contributed by atoms with Gasteiger partial charge in [0.2, 0.25) is 0 Å². The van der Waals surface area contributed by atoms with Crippen LogP contribution in [0.25, 0.3) is 0 Å². The number of nitrogens with one attached hydrogen (secondary N) is 1. The zero-order valence-corrected chi connectivity index (χ0v) is 13.0. The number of thiophene rings is 1. The largest absolute Gasteiger partial charge is 0.469 e. The highest BCUT2D eigenvalue weighted by Gasteiger charge is 2.35. The highest BCUT2D eigenvalue weighted by Crippen LogP contribution is 2.31. The van der Waals surface area contributed by atoms with Crippen molar-refractivity contribution in [3.05, 3.63) is 35.6 Å². The van der Waals surface area contributed by atoms with Gasteiger partial charge in [-0.05, 0) is 44.0 Å². The van der Waals surface area contributed by atoms with Crippen LogP contribution in [0.4, 0.5) is 0 Å². The Morgan fingerprint density at radius 1 is 1.32 bits per heavy atom. The zero-order valence-electron chi connectivity index (χ0n) is 12.2. The summed E-state index contributed by atoms with van der Waals surface area (Å²) < 4.78 is 10.6. The van der Waals surface area contributed by atoms with Gasteiger partial charge in [0, 0.05) is 18.7 Å². The fourth-order valence-electron chi connectivity index (χ4n) is 3.29. The summed E-state index contributed by atoms with van der Waals surface area (Å²) in [6, 6.07) is 5.67. The fraction of sp³-hybridized carbons (Fsp3) is 0.438. The molecule has 0 saturated carbocycles. The van der Waals surface area contributed by atoms with Crippen molar-refractivity contribution in [2.45, 2.75) is 18.9 Å². The van der Waals surface area contributed by atoms with Gasteiger partial charge >= 0.3 is 0 Å². The van der Waals surface area contributed by atoms with Gasteiger partial charge in [0.15, 0.2) is 10.8 Å². The monoisotopic (exact) mass is 318 g/mol. The van der Waals surface area contributed by atoms with Crippen LogP contribution in [-0.2, 0) is 0 Å². The van der Waals surface area contributed by atoms with Gasteiger partial charge in [0.25, 0.3) is 5.91 Å². The summed E-state index contributed by atoms with van der Waals surface area (Å²) in [6.45, 7) is 3.34. The first-order valence-electron chi connectivity index (χ1n) is 7.61. The average molecular weight is 318 g/mol. The van der Waals surface area contributed by atoms with E-state index >= 15 is 0 Å². The molecule has 5 heterocycles. The van der Waals surface area contributed by atoms with Crippen LogP contribution in [0.3, 0.4) is 0 Å². The summed E-state index contributed by atoms with van der Waals surface area (Å²) >= 11 is 1.36. The molecule has 2 aromatic rings. The molecule has 0 aromatic carbocycles. The number of rotatable bonds is 4. The number of hydrogen-bond donors (Lipinski definition) is 1. The lowest BCUT2D eigenvalue weighted by atomic mass is 9.84. The lowest BCUT2D eigenvalue weighted by molar-refractivity contribution is 0.0622. The average Bonchev–Trinajstić information content (AvgIpc) is 3.21. The summed E-state index contributed by atoms with van der Waals surface area (Å²) in [5.74, 6) is 1.28. The minimum atomic E-state index is 0.00536. The minimum Gasteiger partial charge on any atom is -0.469 e.